The van der Waals surface area contributed by atoms with Gasteiger partial charge in [-0.25, -0.2) is 0 Å². The van der Waals surface area contributed by atoms with Gasteiger partial charge in [-0.1, -0.05) is 24.3 Å². The van der Waals surface area contributed by atoms with E-state index in [1.807, 2.05) is 39.9 Å². The number of nitrogens with zero attached hydrogens (tertiary/aromatic N) is 3. The van der Waals surface area contributed by atoms with Crippen LogP contribution >= 0.6 is 0 Å². The minimum absolute atomic E-state index is 0.145. The predicted molar refractivity (Wildman–Crippen MR) is 83.3 cm³/mol. The lowest BCUT2D eigenvalue weighted by molar-refractivity contribution is 1.08. The van der Waals surface area contributed by atoms with Crippen LogP contribution in [0.25, 0.3) is 22.5 Å². The van der Waals surface area contributed by atoms with Gasteiger partial charge in [0.15, 0.2) is 0 Å². The Bertz CT molecular complexity index is 1040. The van der Waals surface area contributed by atoms with E-state index in [1.165, 1.54) is 5.39 Å². The van der Waals surface area contributed by atoms with Crippen LogP contribution in [0.2, 0.25) is 0 Å². The maximum absolute atomic E-state index is 12.3. The quantitative estimate of drug-likeness (QED) is 0.632. The number of allylic oxidation sites excluding steroid dienone is 1. The van der Waals surface area contributed by atoms with E-state index in [2.05, 4.69) is 23.2 Å². The normalized spacial score (nSPS) is 15.1. The maximum atomic E-state index is 12.3. The van der Waals surface area contributed by atoms with Crippen LogP contribution in [-0.4, -0.2) is 9.38 Å². The second-order valence-corrected chi connectivity index (χ2v) is 5.34. The summed E-state index contributed by atoms with van der Waals surface area (Å²) in [6.07, 6.45) is 10.4. The Balaban J connectivity index is 2.16. The average molecular weight is 273 g/mol. The number of fused-ring (bicyclic) bond motifs is 3. The van der Waals surface area contributed by atoms with Gasteiger partial charge in [-0.3, -0.25) is 9.20 Å². The third-order valence-electron chi connectivity index (χ3n) is 4.26. The first-order valence-corrected chi connectivity index (χ1v) is 6.93. The van der Waals surface area contributed by atoms with Gasteiger partial charge in [0.25, 0.3) is 5.56 Å². The third-order valence-corrected chi connectivity index (χ3v) is 4.26. The summed E-state index contributed by atoms with van der Waals surface area (Å²) < 4.78 is 2.03. The van der Waals surface area contributed by atoms with Crippen molar-refractivity contribution in [3.05, 3.63) is 70.5 Å². The Labute approximate surface area is 120 Å². The lowest BCUT2D eigenvalue weighted by Crippen LogP contribution is -2.20. The zero-order valence-corrected chi connectivity index (χ0v) is 11.2. The summed E-state index contributed by atoms with van der Waals surface area (Å²) in [6.45, 7) is 0. The highest BCUT2D eigenvalue weighted by molar-refractivity contribution is 6.05. The Morgan fingerprint density at radius 1 is 1.14 bits per heavy atom. The number of aromatic nitrogens is 2. The summed E-state index contributed by atoms with van der Waals surface area (Å²) in [4.78, 5) is 18.4. The molecule has 0 atom stereocenters. The monoisotopic (exact) mass is 273 g/mol. The van der Waals surface area contributed by atoms with Crippen LogP contribution in [0.5, 0.6) is 0 Å². The summed E-state index contributed by atoms with van der Waals surface area (Å²) in [6, 6.07) is 8.22. The molecule has 4 heteroatoms. The van der Waals surface area contributed by atoms with Gasteiger partial charge in [-0.05, 0) is 18.6 Å². The van der Waals surface area contributed by atoms with Crippen molar-refractivity contribution in [3.8, 4) is 0 Å². The molecule has 0 radical (unpaired) electrons. The van der Waals surface area contributed by atoms with Crippen LogP contribution in [0.15, 0.2) is 53.9 Å². The topological polar surface area (TPSA) is 37.6 Å². The Hall–Kier alpha value is -2.88. The molecule has 5 rings (SSSR count). The zero-order valence-electron chi connectivity index (χ0n) is 11.2. The van der Waals surface area contributed by atoms with Crippen molar-refractivity contribution in [1.29, 1.82) is 0 Å². The van der Waals surface area contributed by atoms with Crippen molar-refractivity contribution in [2.75, 3.05) is 4.90 Å². The van der Waals surface area contributed by atoms with Crippen LogP contribution < -0.4 is 10.5 Å². The molecule has 0 saturated heterocycles. The number of hydrogen-bond acceptors (Lipinski definition) is 3. The molecular formula is C17H11N3O. The Kier molecular flexibility index (Phi) is 1.86. The average Bonchev–Trinajstić information content (AvgIpc) is 2.78. The molecule has 21 heavy (non-hydrogen) atoms. The first-order valence-electron chi connectivity index (χ1n) is 6.93. The molecule has 4 nitrogen and oxygen atoms in total. The van der Waals surface area contributed by atoms with Crippen LogP contribution in [0, 0.1) is 0 Å². The van der Waals surface area contributed by atoms with Crippen LogP contribution in [0.4, 0.5) is 5.69 Å². The van der Waals surface area contributed by atoms with Gasteiger partial charge in [-0.15, -0.1) is 0 Å². The van der Waals surface area contributed by atoms with Crippen molar-refractivity contribution in [2.24, 2.45) is 0 Å². The largest absolute Gasteiger partial charge is 0.322 e. The molecule has 2 aliphatic rings. The molecule has 0 aliphatic carbocycles. The van der Waals surface area contributed by atoms with Crippen molar-refractivity contribution < 1.29 is 0 Å². The predicted octanol–water partition coefficient (Wildman–Crippen LogP) is 2.71. The van der Waals surface area contributed by atoms with E-state index in [9.17, 15) is 4.79 Å². The van der Waals surface area contributed by atoms with E-state index < -0.39 is 0 Å². The molecule has 0 spiro atoms. The Morgan fingerprint density at radius 2 is 2.05 bits per heavy atom. The van der Waals surface area contributed by atoms with Gasteiger partial charge in [0, 0.05) is 28.9 Å². The standard InChI is InChI=1S/C17H11N3O/c21-17-13-5-3-8-19-9-7-12-11-4-1-2-6-14(11)20(10-18-17)16(12)15(13)19/h1-4,6-10H,5H2. The molecule has 0 N–H and O–H groups in total. The fourth-order valence-electron chi connectivity index (χ4n) is 3.35. The highest BCUT2D eigenvalue weighted by atomic mass is 16.1. The molecule has 2 aromatic heterocycles. The molecule has 0 amide bonds. The lowest BCUT2D eigenvalue weighted by atomic mass is 10.0. The summed E-state index contributed by atoms with van der Waals surface area (Å²) in [5.74, 6) is 0. The SMILES string of the molecule is O=c1ncn2c3c4c1CC=CN4C=Cc3c1ccccc12. The fraction of sp³-hybridized carbons (Fsp3) is 0.0588. The van der Waals surface area contributed by atoms with E-state index in [-0.39, 0.29) is 5.56 Å². The minimum Gasteiger partial charge on any atom is -0.322 e. The van der Waals surface area contributed by atoms with Crippen molar-refractivity contribution in [1.82, 2.24) is 9.38 Å². The first-order chi connectivity index (χ1) is 10.3. The van der Waals surface area contributed by atoms with Crippen LogP contribution in [0.3, 0.4) is 0 Å². The number of hydrogen-bond donors (Lipinski definition) is 0. The van der Waals surface area contributed by atoms with Crippen LogP contribution in [-0.2, 0) is 6.42 Å². The van der Waals surface area contributed by atoms with Gasteiger partial charge in [0.05, 0.1) is 16.7 Å². The van der Waals surface area contributed by atoms with Gasteiger partial charge < -0.3 is 4.90 Å². The summed E-state index contributed by atoms with van der Waals surface area (Å²) in [5, 5.41) is 1.19. The molecular weight excluding hydrogens is 262 g/mol. The summed E-state index contributed by atoms with van der Waals surface area (Å²) in [7, 11) is 0. The lowest BCUT2D eigenvalue weighted by Gasteiger charge is -2.24. The first kappa shape index (κ1) is 10.9. The minimum atomic E-state index is -0.145. The molecule has 100 valence electrons. The molecule has 0 saturated carbocycles. The molecule has 4 heterocycles. The number of para-hydroxylation sites is 1. The van der Waals surface area contributed by atoms with Gasteiger partial charge in [-0.2, -0.15) is 4.98 Å². The van der Waals surface area contributed by atoms with E-state index in [1.54, 1.807) is 6.33 Å². The third kappa shape index (κ3) is 1.24. The smallest absolute Gasteiger partial charge is 0.276 e. The van der Waals surface area contributed by atoms with Crippen molar-refractivity contribution in [3.63, 3.8) is 0 Å². The van der Waals surface area contributed by atoms with Gasteiger partial charge in [0.1, 0.15) is 6.33 Å². The van der Waals surface area contributed by atoms with Crippen molar-refractivity contribution >= 4 is 28.2 Å². The van der Waals surface area contributed by atoms with Crippen molar-refractivity contribution in [2.45, 2.75) is 6.42 Å². The Morgan fingerprint density at radius 3 is 3.00 bits per heavy atom. The van der Waals surface area contributed by atoms with E-state index >= 15 is 0 Å². The summed E-state index contributed by atoms with van der Waals surface area (Å²) >= 11 is 0. The zero-order chi connectivity index (χ0) is 14.0. The fourth-order valence-corrected chi connectivity index (χ4v) is 3.35. The number of anilines is 1. The highest BCUT2D eigenvalue weighted by Crippen LogP contribution is 2.39. The molecule has 1 aromatic carbocycles. The second-order valence-electron chi connectivity index (χ2n) is 5.34. The molecule has 0 unspecified atom stereocenters. The number of rotatable bonds is 0. The van der Waals surface area contributed by atoms with E-state index in [0.29, 0.717) is 6.42 Å². The van der Waals surface area contributed by atoms with E-state index in [4.69, 9.17) is 0 Å². The van der Waals surface area contributed by atoms with Gasteiger partial charge >= 0.3 is 0 Å². The molecule has 0 bridgehead atoms. The highest BCUT2D eigenvalue weighted by Gasteiger charge is 2.24. The molecule has 0 fully saturated rings. The summed E-state index contributed by atoms with van der Waals surface area (Å²) in [5.41, 5.74) is 4.88. The number of benzene rings is 1. The molecule has 2 aliphatic heterocycles. The van der Waals surface area contributed by atoms with Crippen LogP contribution in [0.1, 0.15) is 11.1 Å². The second kappa shape index (κ2) is 3.61. The molecule has 3 aromatic rings. The van der Waals surface area contributed by atoms with Gasteiger partial charge in [0.2, 0.25) is 0 Å². The maximum Gasteiger partial charge on any atom is 0.276 e. The van der Waals surface area contributed by atoms with E-state index in [0.717, 1.165) is 27.8 Å².